The zero-order chi connectivity index (χ0) is 33.1. The predicted octanol–water partition coefficient (Wildman–Crippen LogP) is 8.51. The molecular weight excluding hydrogens is 596 g/mol. The zero-order valence-electron chi connectivity index (χ0n) is 27.8. The van der Waals surface area contributed by atoms with Crippen molar-refractivity contribution < 1.29 is 23.5 Å². The molecule has 5 aromatic rings. The first kappa shape index (κ1) is 30.8. The fraction of sp³-hybridized carbons (Fsp3) is 0.444. The summed E-state index contributed by atoms with van der Waals surface area (Å²) >= 11 is 0. The highest BCUT2D eigenvalue weighted by molar-refractivity contribution is 6.06. The molecule has 47 heavy (non-hydrogen) atoms. The third kappa shape index (κ3) is 6.18. The third-order valence-corrected chi connectivity index (χ3v) is 8.68. The first-order chi connectivity index (χ1) is 22.3. The molecule has 0 bridgehead atoms. The molecule has 0 radical (unpaired) electrons. The molecule has 5 heterocycles. The molecule has 0 aliphatic carbocycles. The summed E-state index contributed by atoms with van der Waals surface area (Å²) in [5.41, 5.74) is 4.04. The molecule has 2 aromatic carbocycles. The number of carbonyl (C=O) groups is 2. The number of aromatic amines is 2. The number of aromatic nitrogens is 4. The van der Waals surface area contributed by atoms with Crippen molar-refractivity contribution in [1.82, 2.24) is 29.7 Å². The Bertz CT molecular complexity index is 1820. The van der Waals surface area contributed by atoms with Crippen LogP contribution in [-0.4, -0.2) is 66.2 Å². The molecule has 3 aromatic heterocycles. The number of imidazole rings is 2. The Balaban J connectivity index is 1.11. The van der Waals surface area contributed by atoms with Gasteiger partial charge in [-0.15, -0.1) is 0 Å². The Kier molecular flexibility index (Phi) is 7.52. The van der Waals surface area contributed by atoms with Crippen LogP contribution in [0.25, 0.3) is 44.5 Å². The number of amides is 2. The lowest BCUT2D eigenvalue weighted by Crippen LogP contribution is -2.36. The first-order valence-electron chi connectivity index (χ1n) is 16.4. The van der Waals surface area contributed by atoms with Gasteiger partial charge in [-0.1, -0.05) is 12.1 Å². The predicted molar refractivity (Wildman–Crippen MR) is 179 cm³/mol. The van der Waals surface area contributed by atoms with E-state index in [-0.39, 0.29) is 24.3 Å². The maximum Gasteiger partial charge on any atom is 0.410 e. The van der Waals surface area contributed by atoms with E-state index in [4.69, 9.17) is 13.9 Å². The largest absolute Gasteiger partial charge is 0.456 e. The Morgan fingerprint density at radius 2 is 1.15 bits per heavy atom. The van der Waals surface area contributed by atoms with Crippen molar-refractivity contribution in [2.75, 3.05) is 13.1 Å². The standard InChI is InChI=1S/C36H42N6O5/c1-35(2,3)46-33(43)41-15-7-9-27(41)31-37-19-25(39-31)21-11-13-23-24-14-12-22(18-30(24)45-29(23)17-21)26-20-38-32(40-26)28-10-8-16-42(28)34(44)47-36(4,5)6/h11-14,17-20,27-28H,7-10,15-16H2,1-6H3,(H,37,39)(H,38,40)/t27-,28-/m1/s1. The number of fused-ring (bicyclic) bond motifs is 3. The second kappa shape index (κ2) is 11.5. The Morgan fingerprint density at radius 3 is 1.55 bits per heavy atom. The van der Waals surface area contributed by atoms with Crippen molar-refractivity contribution in [2.24, 2.45) is 0 Å². The summed E-state index contributed by atoms with van der Waals surface area (Å²) < 4.78 is 17.6. The summed E-state index contributed by atoms with van der Waals surface area (Å²) in [6.45, 7) is 12.6. The SMILES string of the molecule is CC(C)(C)OC(=O)N1CCC[C@@H]1c1ncc(-c2ccc3c(c2)oc2cc(-c4cnc([C@H]5CCCN5C(=O)OC(C)(C)C)[nH]4)ccc23)[nH]1. The van der Waals surface area contributed by atoms with E-state index >= 15 is 0 Å². The molecule has 246 valence electrons. The first-order valence-corrected chi connectivity index (χ1v) is 16.4. The zero-order valence-corrected chi connectivity index (χ0v) is 27.8. The van der Waals surface area contributed by atoms with E-state index in [1.54, 1.807) is 9.80 Å². The lowest BCUT2D eigenvalue weighted by molar-refractivity contribution is 0.0208. The van der Waals surface area contributed by atoms with Crippen LogP contribution in [0.5, 0.6) is 0 Å². The van der Waals surface area contributed by atoms with Crippen LogP contribution in [-0.2, 0) is 9.47 Å². The van der Waals surface area contributed by atoms with Gasteiger partial charge in [0, 0.05) is 35.0 Å². The fourth-order valence-electron chi connectivity index (χ4n) is 6.60. The van der Waals surface area contributed by atoms with Gasteiger partial charge in [-0.25, -0.2) is 19.6 Å². The number of ether oxygens (including phenoxy) is 2. The van der Waals surface area contributed by atoms with Crippen LogP contribution >= 0.6 is 0 Å². The summed E-state index contributed by atoms with van der Waals surface area (Å²) in [6, 6.07) is 12.0. The number of furan rings is 1. The molecule has 11 nitrogen and oxygen atoms in total. The monoisotopic (exact) mass is 638 g/mol. The highest BCUT2D eigenvalue weighted by atomic mass is 16.6. The molecule has 7 rings (SSSR count). The summed E-state index contributed by atoms with van der Waals surface area (Å²) in [7, 11) is 0. The van der Waals surface area contributed by atoms with Gasteiger partial charge >= 0.3 is 12.2 Å². The number of carbonyl (C=O) groups excluding carboxylic acids is 2. The van der Waals surface area contributed by atoms with E-state index < -0.39 is 11.2 Å². The van der Waals surface area contributed by atoms with Crippen LogP contribution in [0.2, 0.25) is 0 Å². The Labute approximate surface area is 273 Å². The molecule has 2 saturated heterocycles. The number of benzene rings is 2. The second-order valence-corrected chi connectivity index (χ2v) is 14.6. The highest BCUT2D eigenvalue weighted by Crippen LogP contribution is 2.37. The van der Waals surface area contributed by atoms with Gasteiger partial charge in [0.1, 0.15) is 34.0 Å². The second-order valence-electron chi connectivity index (χ2n) is 14.6. The third-order valence-electron chi connectivity index (χ3n) is 8.68. The molecule has 11 heteroatoms. The van der Waals surface area contributed by atoms with E-state index in [0.29, 0.717) is 13.1 Å². The lowest BCUT2D eigenvalue weighted by atomic mass is 10.1. The minimum absolute atomic E-state index is 0.149. The molecular formula is C36H42N6O5. The van der Waals surface area contributed by atoms with Gasteiger partial charge in [0.15, 0.2) is 0 Å². The van der Waals surface area contributed by atoms with Gasteiger partial charge in [-0.2, -0.15) is 0 Å². The summed E-state index contributed by atoms with van der Waals surface area (Å²) in [5.74, 6) is 1.51. The number of likely N-dealkylation sites (tertiary alicyclic amines) is 2. The Morgan fingerprint density at radius 1 is 0.723 bits per heavy atom. The van der Waals surface area contributed by atoms with Crippen LogP contribution in [0, 0.1) is 0 Å². The van der Waals surface area contributed by atoms with E-state index in [0.717, 1.165) is 81.8 Å². The Hall–Kier alpha value is -4.80. The molecule has 2 aliphatic rings. The number of hydrogen-bond donors (Lipinski definition) is 2. The highest BCUT2D eigenvalue weighted by Gasteiger charge is 2.36. The molecule has 2 amide bonds. The van der Waals surface area contributed by atoms with Crippen molar-refractivity contribution in [2.45, 2.75) is 90.5 Å². The average molecular weight is 639 g/mol. The van der Waals surface area contributed by atoms with Gasteiger partial charge in [-0.3, -0.25) is 9.80 Å². The molecule has 0 spiro atoms. The minimum Gasteiger partial charge on any atom is -0.456 e. The van der Waals surface area contributed by atoms with Crippen LogP contribution in [0.3, 0.4) is 0 Å². The van der Waals surface area contributed by atoms with Crippen LogP contribution in [0.1, 0.15) is 91.0 Å². The fourth-order valence-corrected chi connectivity index (χ4v) is 6.60. The minimum atomic E-state index is -0.552. The molecule has 2 aliphatic heterocycles. The van der Waals surface area contributed by atoms with E-state index in [2.05, 4.69) is 44.2 Å². The molecule has 2 fully saturated rings. The van der Waals surface area contributed by atoms with Crippen LogP contribution < -0.4 is 0 Å². The number of rotatable bonds is 4. The van der Waals surface area contributed by atoms with Crippen molar-refractivity contribution >= 4 is 34.1 Å². The lowest BCUT2D eigenvalue weighted by Gasteiger charge is -2.27. The quantitative estimate of drug-likeness (QED) is 0.202. The maximum atomic E-state index is 12.8. The smallest absolute Gasteiger partial charge is 0.410 e. The van der Waals surface area contributed by atoms with Gasteiger partial charge in [0.05, 0.1) is 35.9 Å². The molecule has 2 N–H and O–H groups in total. The van der Waals surface area contributed by atoms with Gasteiger partial charge < -0.3 is 23.9 Å². The normalized spacial score (nSPS) is 18.9. The van der Waals surface area contributed by atoms with Gasteiger partial charge in [0.25, 0.3) is 0 Å². The summed E-state index contributed by atoms with van der Waals surface area (Å²) in [5, 5.41) is 2.04. The molecule has 0 saturated carbocycles. The number of nitrogens with zero attached hydrogens (tertiary/aromatic N) is 4. The topological polar surface area (TPSA) is 130 Å². The van der Waals surface area contributed by atoms with Gasteiger partial charge in [-0.05, 0) is 91.5 Å². The van der Waals surface area contributed by atoms with Crippen LogP contribution in [0.4, 0.5) is 9.59 Å². The van der Waals surface area contributed by atoms with Crippen molar-refractivity contribution in [3.63, 3.8) is 0 Å². The summed E-state index contributed by atoms with van der Waals surface area (Å²) in [4.78, 5) is 45.4. The average Bonchev–Trinajstić information content (AvgIpc) is 3.83. The van der Waals surface area contributed by atoms with E-state index in [9.17, 15) is 9.59 Å². The molecule has 0 unspecified atom stereocenters. The van der Waals surface area contributed by atoms with E-state index in [1.165, 1.54) is 0 Å². The number of nitrogens with one attached hydrogen (secondary N) is 2. The van der Waals surface area contributed by atoms with Crippen molar-refractivity contribution in [3.05, 3.63) is 60.4 Å². The number of hydrogen-bond acceptors (Lipinski definition) is 7. The van der Waals surface area contributed by atoms with Crippen molar-refractivity contribution in [3.8, 4) is 22.5 Å². The van der Waals surface area contributed by atoms with Crippen molar-refractivity contribution in [1.29, 1.82) is 0 Å². The molecule has 2 atom stereocenters. The maximum absolute atomic E-state index is 12.8. The van der Waals surface area contributed by atoms with Gasteiger partial charge in [0.2, 0.25) is 0 Å². The number of H-pyrrole nitrogens is 2. The van der Waals surface area contributed by atoms with E-state index in [1.807, 2.05) is 66.1 Å². The summed E-state index contributed by atoms with van der Waals surface area (Å²) in [6.07, 6.45) is 6.47. The van der Waals surface area contributed by atoms with Crippen LogP contribution in [0.15, 0.2) is 53.2 Å².